The summed E-state index contributed by atoms with van der Waals surface area (Å²) in [5, 5.41) is 3.47. The number of hydrogen-bond donors (Lipinski definition) is 1. The highest BCUT2D eigenvalue weighted by molar-refractivity contribution is 6.30. The number of nitrogens with one attached hydrogen (secondary N) is 1. The van der Waals surface area contributed by atoms with Gasteiger partial charge in [0, 0.05) is 10.7 Å². The zero-order valence-corrected chi connectivity index (χ0v) is 18.6. The highest BCUT2D eigenvalue weighted by Crippen LogP contribution is 2.35. The van der Waals surface area contributed by atoms with Gasteiger partial charge in [0.05, 0.1) is 12.2 Å². The molecule has 3 aromatic rings. The first-order valence-corrected chi connectivity index (χ1v) is 10.6. The van der Waals surface area contributed by atoms with Crippen LogP contribution in [0.2, 0.25) is 5.02 Å². The average molecular weight is 451 g/mol. The lowest BCUT2D eigenvalue weighted by atomic mass is 10.1. The average Bonchev–Trinajstić information content (AvgIpc) is 2.77. The van der Waals surface area contributed by atoms with Crippen molar-refractivity contribution in [2.45, 2.75) is 20.4 Å². The molecule has 1 aliphatic heterocycles. The summed E-state index contributed by atoms with van der Waals surface area (Å²) >= 11 is 5.96. The van der Waals surface area contributed by atoms with Gasteiger partial charge in [0.1, 0.15) is 11.5 Å². The zero-order valence-electron chi connectivity index (χ0n) is 17.9. The minimum Gasteiger partial charge on any atom is -0.483 e. The third-order valence-corrected chi connectivity index (χ3v) is 5.45. The fraction of sp³-hybridized carbons (Fsp3) is 0.200. The highest BCUT2D eigenvalue weighted by atomic mass is 35.5. The minimum atomic E-state index is -0.292. The van der Waals surface area contributed by atoms with Crippen LogP contribution in [0.1, 0.15) is 16.7 Å². The molecule has 6 nitrogen and oxygen atoms in total. The molecule has 0 saturated heterocycles. The van der Waals surface area contributed by atoms with Gasteiger partial charge in [-0.15, -0.1) is 0 Å². The summed E-state index contributed by atoms with van der Waals surface area (Å²) in [6, 6.07) is 18.4. The molecule has 0 spiro atoms. The van der Waals surface area contributed by atoms with Gasteiger partial charge in [-0.3, -0.25) is 9.59 Å². The van der Waals surface area contributed by atoms with Crippen molar-refractivity contribution in [3.8, 4) is 11.5 Å². The molecule has 0 aliphatic carbocycles. The lowest BCUT2D eigenvalue weighted by Crippen LogP contribution is -2.38. The topological polar surface area (TPSA) is 67.9 Å². The number of amides is 2. The first-order valence-electron chi connectivity index (χ1n) is 10.2. The second kappa shape index (κ2) is 9.32. The number of anilines is 2. The quantitative estimate of drug-likeness (QED) is 0.580. The Bertz CT molecular complexity index is 1140. The van der Waals surface area contributed by atoms with Crippen LogP contribution in [0.25, 0.3) is 0 Å². The number of fused-ring (bicyclic) bond motifs is 1. The minimum absolute atomic E-state index is 0.0318. The van der Waals surface area contributed by atoms with E-state index in [-0.39, 0.29) is 25.0 Å². The van der Waals surface area contributed by atoms with Crippen LogP contribution in [0, 0.1) is 13.8 Å². The molecule has 0 fully saturated rings. The maximum absolute atomic E-state index is 12.6. The Hall–Kier alpha value is -3.51. The molecule has 1 heterocycles. The van der Waals surface area contributed by atoms with Gasteiger partial charge in [0.2, 0.25) is 0 Å². The molecule has 1 N–H and O–H groups in total. The monoisotopic (exact) mass is 450 g/mol. The summed E-state index contributed by atoms with van der Waals surface area (Å²) in [5.74, 6) is 0.846. The van der Waals surface area contributed by atoms with Crippen LogP contribution < -0.4 is 19.7 Å². The second-order valence-electron chi connectivity index (χ2n) is 7.64. The van der Waals surface area contributed by atoms with E-state index in [1.54, 1.807) is 35.2 Å². The summed E-state index contributed by atoms with van der Waals surface area (Å²) in [6.07, 6.45) is 0. The molecular weight excluding hydrogens is 428 g/mol. The third kappa shape index (κ3) is 4.86. The van der Waals surface area contributed by atoms with Crippen molar-refractivity contribution in [2.24, 2.45) is 0 Å². The van der Waals surface area contributed by atoms with Gasteiger partial charge in [-0.25, -0.2) is 0 Å². The van der Waals surface area contributed by atoms with Gasteiger partial charge in [-0.1, -0.05) is 41.9 Å². The number of aryl methyl sites for hydroxylation is 2. The second-order valence-corrected chi connectivity index (χ2v) is 8.07. The first-order chi connectivity index (χ1) is 15.4. The Morgan fingerprint density at radius 2 is 1.81 bits per heavy atom. The van der Waals surface area contributed by atoms with Crippen LogP contribution in [0.3, 0.4) is 0 Å². The van der Waals surface area contributed by atoms with Gasteiger partial charge in [-0.05, 0) is 60.9 Å². The van der Waals surface area contributed by atoms with E-state index in [1.807, 2.05) is 44.2 Å². The van der Waals surface area contributed by atoms with E-state index in [0.717, 1.165) is 16.7 Å². The van der Waals surface area contributed by atoms with Crippen LogP contribution in [0.15, 0.2) is 60.7 Å². The summed E-state index contributed by atoms with van der Waals surface area (Å²) in [4.78, 5) is 26.7. The van der Waals surface area contributed by atoms with Crippen molar-refractivity contribution in [1.29, 1.82) is 0 Å². The van der Waals surface area contributed by atoms with Crippen LogP contribution in [0.5, 0.6) is 11.5 Å². The molecule has 0 aromatic heterocycles. The number of ether oxygens (including phenoxy) is 2. The van der Waals surface area contributed by atoms with Crippen molar-refractivity contribution in [2.75, 3.05) is 23.4 Å². The lowest BCUT2D eigenvalue weighted by molar-refractivity contribution is -0.121. The van der Waals surface area contributed by atoms with Crippen molar-refractivity contribution in [3.63, 3.8) is 0 Å². The molecular formula is C25H23ClN2O4. The summed E-state index contributed by atoms with van der Waals surface area (Å²) in [7, 11) is 0. The molecule has 164 valence electrons. The largest absolute Gasteiger partial charge is 0.483 e. The van der Waals surface area contributed by atoms with Crippen LogP contribution in [-0.4, -0.2) is 25.0 Å². The molecule has 0 saturated carbocycles. The Morgan fingerprint density at radius 3 is 2.53 bits per heavy atom. The number of halogens is 1. The van der Waals surface area contributed by atoms with E-state index in [2.05, 4.69) is 5.32 Å². The van der Waals surface area contributed by atoms with E-state index in [1.165, 1.54) is 0 Å². The van der Waals surface area contributed by atoms with E-state index in [9.17, 15) is 9.59 Å². The van der Waals surface area contributed by atoms with E-state index in [4.69, 9.17) is 21.1 Å². The third-order valence-electron chi connectivity index (χ3n) is 5.20. The smallest absolute Gasteiger partial charge is 0.265 e. The van der Waals surface area contributed by atoms with Crippen LogP contribution in [0.4, 0.5) is 11.4 Å². The number of carbonyl (C=O) groups excluding carboxylic acids is 2. The zero-order chi connectivity index (χ0) is 22.7. The Kier molecular flexibility index (Phi) is 6.32. The number of benzene rings is 3. The molecule has 7 heteroatoms. The predicted molar refractivity (Wildman–Crippen MR) is 125 cm³/mol. The fourth-order valence-corrected chi connectivity index (χ4v) is 3.71. The van der Waals surface area contributed by atoms with E-state index >= 15 is 0 Å². The number of hydrogen-bond acceptors (Lipinski definition) is 4. The molecule has 32 heavy (non-hydrogen) atoms. The fourth-order valence-electron chi connectivity index (χ4n) is 3.59. The molecule has 3 aromatic carbocycles. The Labute approximate surface area is 191 Å². The van der Waals surface area contributed by atoms with E-state index < -0.39 is 0 Å². The summed E-state index contributed by atoms with van der Waals surface area (Å²) in [5.41, 5.74) is 4.04. The van der Waals surface area contributed by atoms with Crippen molar-refractivity contribution < 1.29 is 19.1 Å². The molecule has 4 rings (SSSR count). The van der Waals surface area contributed by atoms with Gasteiger partial charge in [-0.2, -0.15) is 0 Å². The Morgan fingerprint density at radius 1 is 1.09 bits per heavy atom. The van der Waals surface area contributed by atoms with E-state index in [0.29, 0.717) is 34.4 Å². The van der Waals surface area contributed by atoms with Crippen LogP contribution >= 0.6 is 11.6 Å². The number of carbonyl (C=O) groups is 2. The number of rotatable bonds is 6. The van der Waals surface area contributed by atoms with Crippen molar-refractivity contribution in [1.82, 2.24) is 0 Å². The molecule has 0 radical (unpaired) electrons. The molecule has 0 unspecified atom stereocenters. The Balaban J connectivity index is 1.48. The molecule has 2 amide bonds. The standard InChI is InChI=1S/C25H23ClN2O4/c1-16-4-3-5-17(2)25(16)32-14-23(29)27-20-10-11-22-21(12-20)28(24(30)15-31-22)13-18-6-8-19(26)9-7-18/h3-12H,13-15H2,1-2H3,(H,27,29). The SMILES string of the molecule is Cc1cccc(C)c1OCC(=O)Nc1ccc2c(c1)N(Cc1ccc(Cl)cc1)C(=O)CO2. The maximum atomic E-state index is 12.6. The lowest BCUT2D eigenvalue weighted by Gasteiger charge is -2.30. The van der Waals surface area contributed by atoms with Gasteiger partial charge in [0.25, 0.3) is 11.8 Å². The van der Waals surface area contributed by atoms with Crippen LogP contribution in [-0.2, 0) is 16.1 Å². The predicted octanol–water partition coefficient (Wildman–Crippen LogP) is 4.90. The number of nitrogens with zero attached hydrogens (tertiary/aromatic N) is 1. The maximum Gasteiger partial charge on any atom is 0.265 e. The van der Waals surface area contributed by atoms with Gasteiger partial charge < -0.3 is 19.7 Å². The molecule has 0 atom stereocenters. The van der Waals surface area contributed by atoms with Gasteiger partial charge >= 0.3 is 0 Å². The molecule has 0 bridgehead atoms. The summed E-state index contributed by atoms with van der Waals surface area (Å²) < 4.78 is 11.3. The molecule has 1 aliphatic rings. The highest BCUT2D eigenvalue weighted by Gasteiger charge is 2.26. The summed E-state index contributed by atoms with van der Waals surface area (Å²) in [6.45, 7) is 4.11. The van der Waals surface area contributed by atoms with Crippen molar-refractivity contribution >= 4 is 34.8 Å². The van der Waals surface area contributed by atoms with Crippen molar-refractivity contribution in [3.05, 3.63) is 82.4 Å². The number of para-hydroxylation sites is 1. The normalized spacial score (nSPS) is 12.7. The first kappa shape index (κ1) is 21.7. The van der Waals surface area contributed by atoms with Gasteiger partial charge in [0.15, 0.2) is 13.2 Å².